The first kappa shape index (κ1) is 62.3. The Labute approximate surface area is 469 Å². The lowest BCUT2D eigenvalue weighted by atomic mass is 10.1. The van der Waals surface area contributed by atoms with Crippen molar-refractivity contribution in [3.63, 3.8) is 0 Å². The van der Waals surface area contributed by atoms with Crippen molar-refractivity contribution in [3.05, 3.63) is 77.9 Å². The number of fused-ring (bicyclic) bond motifs is 2. The van der Waals surface area contributed by atoms with Crippen LogP contribution in [0.1, 0.15) is 68.8 Å². The summed E-state index contributed by atoms with van der Waals surface area (Å²) >= 11 is 0. The lowest BCUT2D eigenvalue weighted by molar-refractivity contribution is -0.140. The monoisotopic (exact) mass is 1130 g/mol. The van der Waals surface area contributed by atoms with Crippen molar-refractivity contribution in [2.45, 2.75) is 76.9 Å². The van der Waals surface area contributed by atoms with E-state index < -0.39 is 59.7 Å². The lowest BCUT2D eigenvalue weighted by Gasteiger charge is -2.33. The third-order valence-corrected chi connectivity index (χ3v) is 13.9. The molecule has 0 radical (unpaired) electrons. The van der Waals surface area contributed by atoms with Crippen LogP contribution in [0.15, 0.2) is 61.1 Å². The number of carboxylic acid groups (broad SMARTS) is 4. The van der Waals surface area contributed by atoms with Crippen molar-refractivity contribution in [3.8, 4) is 11.5 Å². The van der Waals surface area contributed by atoms with Crippen LogP contribution in [0.3, 0.4) is 0 Å². The van der Waals surface area contributed by atoms with Gasteiger partial charge < -0.3 is 61.1 Å². The van der Waals surface area contributed by atoms with Crippen molar-refractivity contribution < 1.29 is 68.3 Å². The van der Waals surface area contributed by atoms with Crippen LogP contribution in [0.25, 0.3) is 10.9 Å². The maximum Gasteiger partial charge on any atom is 0.331 e. The minimum absolute atomic E-state index is 0.0621. The fourth-order valence-electron chi connectivity index (χ4n) is 9.55. The number of nitrogens with zero attached hydrogens (tertiary/aromatic N) is 7. The average Bonchev–Trinajstić information content (AvgIpc) is 4.13. The molecule has 3 unspecified atom stereocenters. The minimum Gasteiger partial charge on any atom is -0.493 e. The SMILES string of the molecule is CCC(NC(=O)CN1CCN(CC(=O)O)CCN(CC(=O)O)CCN(CC(=O)O)CC1)C(=O)NC(CC)C(=O)NCCNC(=O)CCCOc1cncc(C(C(=O)O)n2ccc3cc(OCCc4ccc5c(n4)NCCC5)ccc32)c1. The van der Waals surface area contributed by atoms with Gasteiger partial charge in [-0.05, 0) is 74.1 Å². The normalized spacial score (nSPS) is 16.0. The molecule has 4 aromatic rings. The number of carboxylic acids is 4. The number of benzene rings is 1. The summed E-state index contributed by atoms with van der Waals surface area (Å²) in [5, 5.41) is 53.9. The van der Waals surface area contributed by atoms with Gasteiger partial charge in [0, 0.05) is 119 Å². The number of aryl methyl sites for hydroxylation is 1. The number of ether oxygens (including phenoxy) is 2. The number of carbonyl (C=O) groups excluding carboxylic acids is 4. The lowest BCUT2D eigenvalue weighted by Crippen LogP contribution is -2.55. The summed E-state index contributed by atoms with van der Waals surface area (Å²) in [5.74, 6) is -4.29. The maximum atomic E-state index is 13.4. The van der Waals surface area contributed by atoms with E-state index in [0.717, 1.165) is 36.3 Å². The van der Waals surface area contributed by atoms with E-state index >= 15 is 0 Å². The molecule has 4 amide bonds. The molecule has 9 N–H and O–H groups in total. The van der Waals surface area contributed by atoms with Gasteiger partial charge >= 0.3 is 23.9 Å². The van der Waals surface area contributed by atoms with E-state index in [2.05, 4.69) is 37.6 Å². The molecule has 81 heavy (non-hydrogen) atoms. The van der Waals surface area contributed by atoms with Gasteiger partial charge in [0.15, 0.2) is 6.04 Å². The van der Waals surface area contributed by atoms with Crippen LogP contribution in [-0.2, 0) is 51.2 Å². The molecule has 5 heterocycles. The molecular formula is C55H76N12O14. The highest BCUT2D eigenvalue weighted by Gasteiger charge is 2.28. The van der Waals surface area contributed by atoms with Crippen LogP contribution in [0.4, 0.5) is 5.82 Å². The number of hydrogen-bond acceptors (Lipinski definition) is 17. The molecule has 3 atom stereocenters. The smallest absolute Gasteiger partial charge is 0.331 e. The molecule has 1 saturated heterocycles. The van der Waals surface area contributed by atoms with Gasteiger partial charge in [0.2, 0.25) is 23.6 Å². The molecular weight excluding hydrogens is 1050 g/mol. The third-order valence-electron chi connectivity index (χ3n) is 13.9. The largest absolute Gasteiger partial charge is 0.493 e. The molecule has 3 aromatic heterocycles. The summed E-state index contributed by atoms with van der Waals surface area (Å²) in [4.78, 5) is 116. The van der Waals surface area contributed by atoms with E-state index in [-0.39, 0.29) is 123 Å². The van der Waals surface area contributed by atoms with Gasteiger partial charge in [-0.3, -0.25) is 58.1 Å². The predicted octanol–water partition coefficient (Wildman–Crippen LogP) is 0.741. The Bertz CT molecular complexity index is 2760. The third kappa shape index (κ3) is 20.3. The first-order valence-corrected chi connectivity index (χ1v) is 27.4. The highest BCUT2D eigenvalue weighted by Crippen LogP contribution is 2.30. The molecule has 2 aliphatic heterocycles. The van der Waals surface area contributed by atoms with Gasteiger partial charge in [0.1, 0.15) is 29.4 Å². The molecule has 1 aromatic carbocycles. The van der Waals surface area contributed by atoms with Crippen molar-refractivity contribution in [1.29, 1.82) is 0 Å². The summed E-state index contributed by atoms with van der Waals surface area (Å²) in [6.45, 7) is 5.61. The van der Waals surface area contributed by atoms with Crippen molar-refractivity contribution in [1.82, 2.24) is 55.4 Å². The van der Waals surface area contributed by atoms with Crippen molar-refractivity contribution in [2.24, 2.45) is 0 Å². The zero-order valence-corrected chi connectivity index (χ0v) is 46.0. The molecule has 6 rings (SSSR count). The first-order chi connectivity index (χ1) is 39.0. The molecule has 0 bridgehead atoms. The molecule has 0 aliphatic carbocycles. The number of pyridine rings is 2. The van der Waals surface area contributed by atoms with E-state index in [0.29, 0.717) is 42.0 Å². The predicted molar refractivity (Wildman–Crippen MR) is 296 cm³/mol. The van der Waals surface area contributed by atoms with Gasteiger partial charge in [-0.15, -0.1) is 0 Å². The molecule has 2 aliphatic rings. The number of hydrogen-bond donors (Lipinski definition) is 9. The minimum atomic E-state index is -1.11. The summed E-state index contributed by atoms with van der Waals surface area (Å²) in [6.07, 6.45) is 8.23. The number of anilines is 1. The highest BCUT2D eigenvalue weighted by atomic mass is 16.5. The van der Waals surface area contributed by atoms with E-state index in [1.54, 1.807) is 50.3 Å². The Kier molecular flexibility index (Phi) is 24.4. The van der Waals surface area contributed by atoms with Crippen LogP contribution in [0.5, 0.6) is 11.5 Å². The topological polar surface area (TPSA) is 340 Å². The van der Waals surface area contributed by atoms with Gasteiger partial charge in [0.05, 0.1) is 45.6 Å². The Balaban J connectivity index is 0.901. The van der Waals surface area contributed by atoms with Crippen LogP contribution >= 0.6 is 0 Å². The second-order valence-corrected chi connectivity index (χ2v) is 20.0. The quantitative estimate of drug-likeness (QED) is 0.0339. The summed E-state index contributed by atoms with van der Waals surface area (Å²) < 4.78 is 13.6. The first-order valence-electron chi connectivity index (χ1n) is 27.4. The second-order valence-electron chi connectivity index (χ2n) is 20.0. The number of rotatable bonds is 29. The Morgan fingerprint density at radius 3 is 1.88 bits per heavy atom. The van der Waals surface area contributed by atoms with Crippen LogP contribution in [-0.4, -0.2) is 226 Å². The zero-order chi connectivity index (χ0) is 58.3. The Hall–Kier alpha value is -7.94. The number of nitrogens with one attached hydrogen (secondary N) is 5. The Morgan fingerprint density at radius 2 is 1.26 bits per heavy atom. The van der Waals surface area contributed by atoms with Gasteiger partial charge in [-0.1, -0.05) is 19.9 Å². The number of aliphatic carboxylic acids is 4. The van der Waals surface area contributed by atoms with E-state index in [9.17, 15) is 58.8 Å². The Morgan fingerprint density at radius 1 is 0.654 bits per heavy atom. The molecule has 1 fully saturated rings. The van der Waals surface area contributed by atoms with Crippen LogP contribution in [0.2, 0.25) is 0 Å². The fourth-order valence-corrected chi connectivity index (χ4v) is 9.55. The zero-order valence-electron chi connectivity index (χ0n) is 46.0. The average molecular weight is 1130 g/mol. The molecule has 26 nitrogen and oxygen atoms in total. The summed E-state index contributed by atoms with van der Waals surface area (Å²) in [5.41, 5.74) is 3.24. The van der Waals surface area contributed by atoms with Crippen molar-refractivity contribution >= 4 is 64.2 Å². The summed E-state index contributed by atoms with van der Waals surface area (Å²) in [7, 11) is 0. The van der Waals surface area contributed by atoms with Gasteiger partial charge in [0.25, 0.3) is 0 Å². The van der Waals surface area contributed by atoms with Gasteiger partial charge in [-0.25, -0.2) is 9.78 Å². The van der Waals surface area contributed by atoms with E-state index in [4.69, 9.17) is 14.5 Å². The van der Waals surface area contributed by atoms with E-state index in [1.165, 1.54) is 18.0 Å². The standard InChI is InChI=1S/C55H76N12O14/c1-3-43(62-54(77)44(4-2)61-47(69)33-63-19-21-64(34-48(70)71)23-25-66(36-50(74)75)26-24-65(22-20-63)35-49(72)73)53(76)59-17-16-57-46(68)8-6-27-80-42-30-39(31-56-32-42)51(55(78)79)67-18-13-38-29-41(11-12-45(38)67)81-28-14-40-10-9-37-7-5-15-58-52(37)60-40/h9-13,18,29-32,43-44,51H,3-8,14-17,19-28,33-36H2,1-2H3,(H,57,68)(H,58,60)(H,59,76)(H,61,69)(H,62,77)(H,70,71)(H,72,73)(H,74,75)(H,78,79). The van der Waals surface area contributed by atoms with E-state index in [1.807, 2.05) is 30.3 Å². The molecule has 26 heteroatoms. The molecule has 0 spiro atoms. The van der Waals surface area contributed by atoms with Crippen molar-refractivity contribution in [2.75, 3.05) is 117 Å². The van der Waals surface area contributed by atoms with Crippen LogP contribution < -0.4 is 36.1 Å². The van der Waals surface area contributed by atoms with Crippen LogP contribution in [0, 0.1) is 0 Å². The number of carbonyl (C=O) groups is 8. The fraction of sp³-hybridized carbons (Fsp3) is 0.527. The number of aromatic nitrogens is 3. The summed E-state index contributed by atoms with van der Waals surface area (Å²) in [6, 6.07) is 10.0. The number of amides is 4. The second kappa shape index (κ2) is 31.7. The molecule has 440 valence electrons. The molecule has 0 saturated carbocycles. The maximum absolute atomic E-state index is 13.4. The highest BCUT2D eigenvalue weighted by molar-refractivity contribution is 5.92. The van der Waals surface area contributed by atoms with Gasteiger partial charge in [-0.2, -0.15) is 0 Å².